The van der Waals surface area contributed by atoms with Gasteiger partial charge in [0, 0.05) is 5.92 Å². The normalized spacial score (nSPS) is 12.2. The van der Waals surface area contributed by atoms with Crippen LogP contribution in [0.3, 0.4) is 0 Å². The molecule has 2 rings (SSSR count). The Morgan fingerprint density at radius 2 is 1.95 bits per heavy atom. The topological polar surface area (TPSA) is 35.2 Å². The summed E-state index contributed by atoms with van der Waals surface area (Å²) < 4.78 is 18.5. The van der Waals surface area contributed by atoms with Gasteiger partial charge in [0.15, 0.2) is 0 Å². The molecule has 2 aromatic carbocycles. The van der Waals surface area contributed by atoms with Crippen molar-refractivity contribution in [1.29, 1.82) is 0 Å². The summed E-state index contributed by atoms with van der Waals surface area (Å²) in [5, 5.41) is 0. The van der Waals surface area contributed by atoms with Crippen LogP contribution in [-0.4, -0.2) is 13.7 Å². The summed E-state index contributed by atoms with van der Waals surface area (Å²) in [6, 6.07) is 14.5. The summed E-state index contributed by atoms with van der Waals surface area (Å²) in [6.07, 6.45) is 0.775. The number of hydrogen-bond acceptors (Lipinski definition) is 2. The predicted molar refractivity (Wildman–Crippen MR) is 74.9 cm³/mol. The third-order valence-corrected chi connectivity index (χ3v) is 3.22. The van der Waals surface area contributed by atoms with Crippen LogP contribution >= 0.6 is 0 Å². The van der Waals surface area contributed by atoms with Gasteiger partial charge in [0.25, 0.3) is 0 Å². The highest BCUT2D eigenvalue weighted by Crippen LogP contribution is 2.22. The number of ether oxygens (including phenoxy) is 1. The van der Waals surface area contributed by atoms with E-state index in [2.05, 4.69) is 0 Å². The van der Waals surface area contributed by atoms with Crippen molar-refractivity contribution in [3.8, 4) is 5.75 Å². The van der Waals surface area contributed by atoms with Crippen molar-refractivity contribution in [3.05, 3.63) is 65.5 Å². The lowest BCUT2D eigenvalue weighted by molar-refractivity contribution is 0.414. The van der Waals surface area contributed by atoms with Crippen molar-refractivity contribution >= 4 is 0 Å². The molecule has 1 atom stereocenters. The van der Waals surface area contributed by atoms with E-state index in [9.17, 15) is 4.39 Å². The molecule has 0 bridgehead atoms. The van der Waals surface area contributed by atoms with Crippen molar-refractivity contribution < 1.29 is 9.13 Å². The van der Waals surface area contributed by atoms with Gasteiger partial charge in [-0.15, -0.1) is 0 Å². The SMILES string of the molecule is COc1cccc(CC(CN)c2cccc(F)c2)c1. The molecule has 3 heteroatoms. The highest BCUT2D eigenvalue weighted by atomic mass is 19.1. The van der Waals surface area contributed by atoms with E-state index in [0.717, 1.165) is 23.3 Å². The molecule has 0 heterocycles. The Kier molecular flexibility index (Phi) is 4.53. The Hall–Kier alpha value is -1.87. The first-order valence-electron chi connectivity index (χ1n) is 6.31. The Morgan fingerprint density at radius 1 is 1.16 bits per heavy atom. The molecule has 0 saturated heterocycles. The van der Waals surface area contributed by atoms with Gasteiger partial charge < -0.3 is 10.5 Å². The molecule has 0 aliphatic heterocycles. The molecular formula is C16H18FNO. The second-order valence-corrected chi connectivity index (χ2v) is 4.54. The van der Waals surface area contributed by atoms with E-state index in [4.69, 9.17) is 10.5 Å². The third-order valence-electron chi connectivity index (χ3n) is 3.22. The van der Waals surface area contributed by atoms with Crippen LogP contribution in [0.4, 0.5) is 4.39 Å². The lowest BCUT2D eigenvalue weighted by Gasteiger charge is -2.16. The molecule has 0 aliphatic carbocycles. The summed E-state index contributed by atoms with van der Waals surface area (Å²) >= 11 is 0. The summed E-state index contributed by atoms with van der Waals surface area (Å²) in [5.74, 6) is 0.719. The average Bonchev–Trinajstić information content (AvgIpc) is 2.45. The van der Waals surface area contributed by atoms with Gasteiger partial charge in [-0.1, -0.05) is 24.3 Å². The van der Waals surface area contributed by atoms with Crippen LogP contribution in [0, 0.1) is 5.82 Å². The van der Waals surface area contributed by atoms with Crippen molar-refractivity contribution in [3.63, 3.8) is 0 Å². The Morgan fingerprint density at radius 3 is 2.63 bits per heavy atom. The quantitative estimate of drug-likeness (QED) is 0.895. The van der Waals surface area contributed by atoms with E-state index in [1.165, 1.54) is 6.07 Å². The number of methoxy groups -OCH3 is 1. The number of hydrogen-bond donors (Lipinski definition) is 1. The predicted octanol–water partition coefficient (Wildman–Crippen LogP) is 3.12. The van der Waals surface area contributed by atoms with Crippen LogP contribution < -0.4 is 10.5 Å². The van der Waals surface area contributed by atoms with Gasteiger partial charge in [0.2, 0.25) is 0 Å². The smallest absolute Gasteiger partial charge is 0.123 e. The zero-order valence-electron chi connectivity index (χ0n) is 11.0. The fourth-order valence-electron chi connectivity index (χ4n) is 2.18. The molecule has 0 fully saturated rings. The number of nitrogens with two attached hydrogens (primary N) is 1. The van der Waals surface area contributed by atoms with Gasteiger partial charge in [-0.2, -0.15) is 0 Å². The fraction of sp³-hybridized carbons (Fsp3) is 0.250. The van der Waals surface area contributed by atoms with Gasteiger partial charge in [0.1, 0.15) is 11.6 Å². The van der Waals surface area contributed by atoms with Crippen LogP contribution in [0.5, 0.6) is 5.75 Å². The summed E-state index contributed by atoms with van der Waals surface area (Å²) in [4.78, 5) is 0. The second kappa shape index (κ2) is 6.34. The van der Waals surface area contributed by atoms with Gasteiger partial charge >= 0.3 is 0 Å². The molecule has 0 amide bonds. The first kappa shape index (κ1) is 13.6. The Labute approximate surface area is 113 Å². The number of benzene rings is 2. The molecule has 2 N–H and O–H groups in total. The molecule has 2 aromatic rings. The van der Waals surface area contributed by atoms with E-state index < -0.39 is 0 Å². The molecule has 0 spiro atoms. The number of halogens is 1. The first-order valence-corrected chi connectivity index (χ1v) is 6.31. The maximum absolute atomic E-state index is 13.3. The minimum atomic E-state index is -0.221. The monoisotopic (exact) mass is 259 g/mol. The second-order valence-electron chi connectivity index (χ2n) is 4.54. The average molecular weight is 259 g/mol. The van der Waals surface area contributed by atoms with Gasteiger partial charge in [-0.3, -0.25) is 0 Å². The van der Waals surface area contributed by atoms with Crippen LogP contribution in [0.15, 0.2) is 48.5 Å². The number of rotatable bonds is 5. The summed E-state index contributed by atoms with van der Waals surface area (Å²) in [7, 11) is 1.64. The van der Waals surface area contributed by atoms with E-state index >= 15 is 0 Å². The molecule has 0 saturated carbocycles. The first-order chi connectivity index (χ1) is 9.22. The van der Waals surface area contributed by atoms with Crippen LogP contribution in [-0.2, 0) is 6.42 Å². The van der Waals surface area contributed by atoms with Crippen molar-refractivity contribution in [2.24, 2.45) is 5.73 Å². The zero-order valence-corrected chi connectivity index (χ0v) is 11.0. The molecule has 0 radical (unpaired) electrons. The van der Waals surface area contributed by atoms with Crippen molar-refractivity contribution in [2.75, 3.05) is 13.7 Å². The minimum absolute atomic E-state index is 0.114. The zero-order chi connectivity index (χ0) is 13.7. The van der Waals surface area contributed by atoms with Crippen molar-refractivity contribution in [1.82, 2.24) is 0 Å². The summed E-state index contributed by atoms with van der Waals surface area (Å²) in [6.45, 7) is 0.487. The van der Waals surface area contributed by atoms with E-state index in [0.29, 0.717) is 6.54 Å². The van der Waals surface area contributed by atoms with E-state index in [-0.39, 0.29) is 11.7 Å². The molecule has 1 unspecified atom stereocenters. The Bertz CT molecular complexity index is 542. The highest BCUT2D eigenvalue weighted by molar-refractivity contribution is 5.31. The molecule has 100 valence electrons. The lowest BCUT2D eigenvalue weighted by atomic mass is 9.92. The van der Waals surface area contributed by atoms with Crippen molar-refractivity contribution in [2.45, 2.75) is 12.3 Å². The molecule has 19 heavy (non-hydrogen) atoms. The van der Waals surface area contributed by atoms with E-state index in [1.807, 2.05) is 30.3 Å². The maximum Gasteiger partial charge on any atom is 0.123 e. The summed E-state index contributed by atoms with van der Waals surface area (Å²) in [5.41, 5.74) is 7.89. The van der Waals surface area contributed by atoms with Gasteiger partial charge in [-0.25, -0.2) is 4.39 Å². The third kappa shape index (κ3) is 3.55. The minimum Gasteiger partial charge on any atom is -0.497 e. The largest absolute Gasteiger partial charge is 0.497 e. The van der Waals surface area contributed by atoms with Crippen LogP contribution in [0.1, 0.15) is 17.0 Å². The standard InChI is InChI=1S/C16H18FNO/c1-19-16-7-2-4-12(9-16)8-14(11-18)13-5-3-6-15(17)10-13/h2-7,9-10,14H,8,11,18H2,1H3. The molecule has 2 nitrogen and oxygen atoms in total. The van der Waals surface area contributed by atoms with Crippen LogP contribution in [0.25, 0.3) is 0 Å². The lowest BCUT2D eigenvalue weighted by Crippen LogP contribution is -2.15. The van der Waals surface area contributed by atoms with Crippen LogP contribution in [0.2, 0.25) is 0 Å². The molecular weight excluding hydrogens is 241 g/mol. The molecule has 0 aromatic heterocycles. The molecule has 0 aliphatic rings. The van der Waals surface area contributed by atoms with E-state index in [1.54, 1.807) is 19.2 Å². The Balaban J connectivity index is 2.18. The maximum atomic E-state index is 13.3. The van der Waals surface area contributed by atoms with Gasteiger partial charge in [0.05, 0.1) is 7.11 Å². The highest BCUT2D eigenvalue weighted by Gasteiger charge is 2.11. The fourth-order valence-corrected chi connectivity index (χ4v) is 2.18. The van der Waals surface area contributed by atoms with Gasteiger partial charge in [-0.05, 0) is 48.4 Å².